The maximum Gasteiger partial charge on any atom is 0.270 e. The number of methoxy groups -OCH3 is 1. The van der Waals surface area contributed by atoms with E-state index in [0.29, 0.717) is 12.1 Å². The van der Waals surface area contributed by atoms with E-state index in [-0.39, 0.29) is 17.8 Å². The Balaban J connectivity index is 1.85. The van der Waals surface area contributed by atoms with Crippen molar-refractivity contribution in [3.63, 3.8) is 0 Å². The quantitative estimate of drug-likeness (QED) is 0.711. The van der Waals surface area contributed by atoms with E-state index in [0.717, 1.165) is 22.6 Å². The molecular formula is C22H21FN2O2. The first-order valence-electron chi connectivity index (χ1n) is 8.68. The van der Waals surface area contributed by atoms with Crippen LogP contribution in [0.25, 0.3) is 0 Å². The highest BCUT2D eigenvalue weighted by atomic mass is 19.1. The van der Waals surface area contributed by atoms with Crippen molar-refractivity contribution in [2.75, 3.05) is 7.11 Å². The van der Waals surface area contributed by atoms with Crippen LogP contribution in [0.1, 0.15) is 33.4 Å². The molecule has 0 bridgehead atoms. The fourth-order valence-corrected chi connectivity index (χ4v) is 2.85. The number of pyridine rings is 1. The Morgan fingerprint density at radius 2 is 1.78 bits per heavy atom. The van der Waals surface area contributed by atoms with Crippen LogP contribution in [-0.4, -0.2) is 18.0 Å². The van der Waals surface area contributed by atoms with Crippen LogP contribution in [0.3, 0.4) is 0 Å². The summed E-state index contributed by atoms with van der Waals surface area (Å²) in [6, 6.07) is 18.9. The number of aromatic nitrogens is 1. The molecular weight excluding hydrogens is 343 g/mol. The lowest BCUT2D eigenvalue weighted by Crippen LogP contribution is -2.30. The number of carbonyl (C=O) groups is 1. The first kappa shape index (κ1) is 18.6. The van der Waals surface area contributed by atoms with Crippen molar-refractivity contribution in [2.24, 2.45) is 0 Å². The van der Waals surface area contributed by atoms with Crippen molar-refractivity contribution in [1.29, 1.82) is 0 Å². The normalized spacial score (nSPS) is 11.7. The largest absolute Gasteiger partial charge is 0.497 e. The fraction of sp³-hybridized carbons (Fsp3) is 0.182. The zero-order valence-electron chi connectivity index (χ0n) is 15.3. The van der Waals surface area contributed by atoms with E-state index in [9.17, 15) is 9.18 Å². The number of carbonyl (C=O) groups excluding carboxylic acids is 1. The Morgan fingerprint density at radius 1 is 1.07 bits per heavy atom. The lowest BCUT2D eigenvalue weighted by Gasteiger charge is -2.20. The molecule has 3 aromatic rings. The number of nitrogens with zero attached hydrogens (tertiary/aromatic N) is 1. The second-order valence-electron chi connectivity index (χ2n) is 6.29. The molecule has 0 radical (unpaired) electrons. The van der Waals surface area contributed by atoms with Crippen LogP contribution in [0.4, 0.5) is 4.39 Å². The Bertz CT molecular complexity index is 908. The first-order chi connectivity index (χ1) is 13.0. The number of rotatable bonds is 6. The molecule has 2 aromatic carbocycles. The summed E-state index contributed by atoms with van der Waals surface area (Å²) in [5.41, 5.74) is 3.01. The van der Waals surface area contributed by atoms with E-state index >= 15 is 0 Å². The minimum atomic E-state index is -0.284. The number of hydrogen-bond acceptors (Lipinski definition) is 3. The highest BCUT2D eigenvalue weighted by molar-refractivity contribution is 5.92. The maximum atomic E-state index is 13.2. The van der Waals surface area contributed by atoms with Gasteiger partial charge in [-0.05, 0) is 60.9 Å². The second-order valence-corrected chi connectivity index (χ2v) is 6.29. The van der Waals surface area contributed by atoms with E-state index in [1.807, 2.05) is 37.3 Å². The van der Waals surface area contributed by atoms with Crippen LogP contribution in [0.2, 0.25) is 0 Å². The molecule has 0 aliphatic carbocycles. The molecule has 1 unspecified atom stereocenters. The van der Waals surface area contributed by atoms with Crippen LogP contribution in [-0.2, 0) is 6.42 Å². The van der Waals surface area contributed by atoms with Gasteiger partial charge in [0.25, 0.3) is 5.91 Å². The minimum absolute atomic E-state index is 0.248. The lowest BCUT2D eigenvalue weighted by molar-refractivity contribution is 0.0931. The van der Waals surface area contributed by atoms with E-state index in [2.05, 4.69) is 10.3 Å². The molecule has 0 saturated carbocycles. The summed E-state index contributed by atoms with van der Waals surface area (Å²) in [5.74, 6) is 0.209. The van der Waals surface area contributed by atoms with E-state index in [4.69, 9.17) is 4.74 Å². The van der Waals surface area contributed by atoms with Crippen molar-refractivity contribution in [3.05, 3.63) is 95.1 Å². The molecule has 5 heteroatoms. The summed E-state index contributed by atoms with van der Waals surface area (Å²) in [5, 5.41) is 3.04. The zero-order valence-corrected chi connectivity index (χ0v) is 15.3. The molecule has 0 aliphatic rings. The van der Waals surface area contributed by atoms with Gasteiger partial charge in [-0.2, -0.15) is 0 Å². The molecule has 4 nitrogen and oxygen atoms in total. The van der Waals surface area contributed by atoms with Crippen LogP contribution in [0.15, 0.2) is 66.7 Å². The Morgan fingerprint density at radius 3 is 2.41 bits per heavy atom. The van der Waals surface area contributed by atoms with Crippen LogP contribution in [0.5, 0.6) is 5.75 Å². The topological polar surface area (TPSA) is 51.2 Å². The number of amides is 1. The fourth-order valence-electron chi connectivity index (χ4n) is 2.85. The van der Waals surface area contributed by atoms with Crippen molar-refractivity contribution >= 4 is 5.91 Å². The molecule has 0 spiro atoms. The molecule has 1 amide bonds. The molecule has 1 aromatic heterocycles. The number of ether oxygens (including phenoxy) is 1. The number of benzene rings is 2. The predicted octanol–water partition coefficient (Wildman–Crippen LogP) is 4.25. The average molecular weight is 364 g/mol. The Kier molecular flexibility index (Phi) is 5.81. The third kappa shape index (κ3) is 4.91. The SMILES string of the molecule is COc1ccc(C(Cc2ccc(F)cc2)NC(=O)c2cccc(C)n2)cc1. The standard InChI is InChI=1S/C22H21FN2O2/c1-15-4-3-5-20(24-15)22(26)25-21(14-16-6-10-18(23)11-7-16)17-8-12-19(27-2)13-9-17/h3-13,21H,14H2,1-2H3,(H,25,26). The van der Waals surface area contributed by atoms with Gasteiger partial charge >= 0.3 is 0 Å². The van der Waals surface area contributed by atoms with Gasteiger partial charge in [0, 0.05) is 5.69 Å². The Hall–Kier alpha value is -3.21. The van der Waals surface area contributed by atoms with Gasteiger partial charge in [-0.25, -0.2) is 9.37 Å². The summed E-state index contributed by atoms with van der Waals surface area (Å²) in [4.78, 5) is 17.0. The molecule has 27 heavy (non-hydrogen) atoms. The summed E-state index contributed by atoms with van der Waals surface area (Å²) >= 11 is 0. The van der Waals surface area contributed by atoms with Gasteiger partial charge in [0.1, 0.15) is 17.3 Å². The number of nitrogens with one attached hydrogen (secondary N) is 1. The molecule has 0 fully saturated rings. The monoisotopic (exact) mass is 364 g/mol. The van der Waals surface area contributed by atoms with E-state index < -0.39 is 0 Å². The van der Waals surface area contributed by atoms with Gasteiger partial charge in [0.15, 0.2) is 0 Å². The van der Waals surface area contributed by atoms with E-state index in [1.165, 1.54) is 12.1 Å². The van der Waals surface area contributed by atoms with Gasteiger partial charge < -0.3 is 10.1 Å². The van der Waals surface area contributed by atoms with Crippen molar-refractivity contribution in [3.8, 4) is 5.75 Å². The summed E-state index contributed by atoms with van der Waals surface area (Å²) < 4.78 is 18.4. The van der Waals surface area contributed by atoms with Gasteiger partial charge in [-0.15, -0.1) is 0 Å². The molecule has 3 rings (SSSR count). The van der Waals surface area contributed by atoms with Crippen molar-refractivity contribution in [2.45, 2.75) is 19.4 Å². The highest BCUT2D eigenvalue weighted by Crippen LogP contribution is 2.22. The second kappa shape index (κ2) is 8.45. The third-order valence-corrected chi connectivity index (χ3v) is 4.30. The predicted molar refractivity (Wildman–Crippen MR) is 102 cm³/mol. The van der Waals surface area contributed by atoms with E-state index in [1.54, 1.807) is 31.4 Å². The summed E-state index contributed by atoms with van der Waals surface area (Å²) in [6.07, 6.45) is 0.532. The highest BCUT2D eigenvalue weighted by Gasteiger charge is 2.18. The van der Waals surface area contributed by atoms with Gasteiger partial charge in [-0.1, -0.05) is 30.3 Å². The molecule has 1 heterocycles. The van der Waals surface area contributed by atoms with Gasteiger partial charge in [0.2, 0.25) is 0 Å². The third-order valence-electron chi connectivity index (χ3n) is 4.30. The van der Waals surface area contributed by atoms with Crippen LogP contribution in [0, 0.1) is 12.7 Å². The smallest absolute Gasteiger partial charge is 0.270 e. The molecule has 1 N–H and O–H groups in total. The summed E-state index contributed by atoms with van der Waals surface area (Å²) in [7, 11) is 1.61. The maximum absolute atomic E-state index is 13.2. The number of halogens is 1. The van der Waals surface area contributed by atoms with Crippen molar-refractivity contribution < 1.29 is 13.9 Å². The molecule has 138 valence electrons. The van der Waals surface area contributed by atoms with Gasteiger partial charge in [0.05, 0.1) is 13.2 Å². The molecule has 1 atom stereocenters. The first-order valence-corrected chi connectivity index (χ1v) is 8.68. The number of aryl methyl sites for hydroxylation is 1. The van der Waals surface area contributed by atoms with Crippen LogP contribution >= 0.6 is 0 Å². The van der Waals surface area contributed by atoms with Crippen molar-refractivity contribution in [1.82, 2.24) is 10.3 Å². The van der Waals surface area contributed by atoms with Gasteiger partial charge in [-0.3, -0.25) is 4.79 Å². The average Bonchev–Trinajstić information content (AvgIpc) is 2.69. The molecule has 0 aliphatic heterocycles. The lowest BCUT2D eigenvalue weighted by atomic mass is 9.98. The Labute approximate surface area is 158 Å². The number of hydrogen-bond donors (Lipinski definition) is 1. The molecule has 0 saturated heterocycles. The summed E-state index contributed by atoms with van der Waals surface area (Å²) in [6.45, 7) is 1.84. The van der Waals surface area contributed by atoms with Crippen LogP contribution < -0.4 is 10.1 Å². The zero-order chi connectivity index (χ0) is 19.2. The minimum Gasteiger partial charge on any atom is -0.497 e.